The maximum Gasteiger partial charge on any atom is 0.139 e. The van der Waals surface area contributed by atoms with Crippen LogP contribution in [0.5, 0.6) is 5.75 Å². The van der Waals surface area contributed by atoms with Gasteiger partial charge in [0, 0.05) is 5.69 Å². The highest BCUT2D eigenvalue weighted by atomic mass is 35.5. The largest absolute Gasteiger partial charge is 0.484 e. The van der Waals surface area contributed by atoms with Crippen LogP contribution >= 0.6 is 11.6 Å². The Morgan fingerprint density at radius 1 is 1.17 bits per heavy atom. The Labute approximate surface area is 110 Å². The van der Waals surface area contributed by atoms with Crippen LogP contribution in [0.25, 0.3) is 0 Å². The molecule has 1 atom stereocenters. The van der Waals surface area contributed by atoms with Gasteiger partial charge in [-0.2, -0.15) is 0 Å². The molecule has 2 N–H and O–H groups in total. The summed E-state index contributed by atoms with van der Waals surface area (Å²) in [5, 5.41) is 0.261. The molecule has 18 heavy (non-hydrogen) atoms. The number of nitrogen functional groups attached to an aromatic ring is 1. The van der Waals surface area contributed by atoms with E-state index in [1.807, 2.05) is 31.2 Å². The number of hydrogen-bond acceptors (Lipinski definition) is 2. The average Bonchev–Trinajstić information content (AvgIpc) is 2.33. The quantitative estimate of drug-likeness (QED) is 0.844. The summed E-state index contributed by atoms with van der Waals surface area (Å²) in [5.74, 6) is 0.0786. The van der Waals surface area contributed by atoms with Crippen LogP contribution in [-0.4, -0.2) is 0 Å². The van der Waals surface area contributed by atoms with E-state index in [4.69, 9.17) is 22.1 Å². The van der Waals surface area contributed by atoms with Gasteiger partial charge in [-0.25, -0.2) is 4.39 Å². The second-order valence-corrected chi connectivity index (χ2v) is 4.41. The molecule has 0 fully saturated rings. The fourth-order valence-corrected chi connectivity index (χ4v) is 1.81. The smallest absolute Gasteiger partial charge is 0.139 e. The lowest BCUT2D eigenvalue weighted by Gasteiger charge is -2.16. The van der Waals surface area contributed by atoms with E-state index in [1.54, 1.807) is 0 Å². The molecule has 2 rings (SSSR count). The SMILES string of the molecule is CC(Oc1ccc(F)cc1Cl)c1ccc(N)cc1. The van der Waals surface area contributed by atoms with Crippen molar-refractivity contribution in [2.45, 2.75) is 13.0 Å². The summed E-state index contributed by atoms with van der Waals surface area (Å²) in [6.07, 6.45) is -0.187. The highest BCUT2D eigenvalue weighted by Crippen LogP contribution is 2.29. The van der Waals surface area contributed by atoms with Crippen molar-refractivity contribution < 1.29 is 9.13 Å². The van der Waals surface area contributed by atoms with Crippen molar-refractivity contribution in [3.05, 3.63) is 58.9 Å². The number of ether oxygens (including phenoxy) is 1. The monoisotopic (exact) mass is 265 g/mol. The number of benzene rings is 2. The molecule has 0 saturated carbocycles. The van der Waals surface area contributed by atoms with Crippen LogP contribution < -0.4 is 10.5 Å². The topological polar surface area (TPSA) is 35.2 Å². The van der Waals surface area contributed by atoms with Crippen molar-refractivity contribution in [1.82, 2.24) is 0 Å². The standard InChI is InChI=1S/C14H13ClFNO/c1-9(10-2-5-12(17)6-3-10)18-14-7-4-11(16)8-13(14)15/h2-9H,17H2,1H3. The van der Waals surface area contributed by atoms with Gasteiger partial charge in [0.15, 0.2) is 0 Å². The summed E-state index contributed by atoms with van der Waals surface area (Å²) in [6, 6.07) is 11.5. The number of halogens is 2. The van der Waals surface area contributed by atoms with E-state index in [1.165, 1.54) is 18.2 Å². The van der Waals surface area contributed by atoms with Gasteiger partial charge < -0.3 is 10.5 Å². The molecular formula is C14H13ClFNO. The van der Waals surface area contributed by atoms with E-state index in [0.29, 0.717) is 11.4 Å². The van der Waals surface area contributed by atoms with Gasteiger partial charge in [-0.15, -0.1) is 0 Å². The maximum absolute atomic E-state index is 12.9. The molecule has 2 aromatic carbocycles. The Balaban J connectivity index is 2.15. The van der Waals surface area contributed by atoms with E-state index in [-0.39, 0.29) is 16.9 Å². The minimum absolute atomic E-state index is 0.187. The third kappa shape index (κ3) is 2.93. The minimum Gasteiger partial charge on any atom is -0.484 e. The molecule has 0 aromatic heterocycles. The first-order chi connectivity index (χ1) is 8.56. The zero-order chi connectivity index (χ0) is 13.1. The second-order valence-electron chi connectivity index (χ2n) is 4.00. The van der Waals surface area contributed by atoms with Crippen LogP contribution in [0.2, 0.25) is 5.02 Å². The Kier molecular flexibility index (Phi) is 3.72. The van der Waals surface area contributed by atoms with E-state index in [2.05, 4.69) is 0 Å². The Morgan fingerprint density at radius 2 is 1.83 bits per heavy atom. The summed E-state index contributed by atoms with van der Waals surface area (Å²) >= 11 is 5.90. The summed E-state index contributed by atoms with van der Waals surface area (Å²) in [7, 11) is 0. The van der Waals surface area contributed by atoms with Gasteiger partial charge in [-0.05, 0) is 42.8 Å². The minimum atomic E-state index is -0.382. The highest BCUT2D eigenvalue weighted by molar-refractivity contribution is 6.32. The molecular weight excluding hydrogens is 253 g/mol. The predicted molar refractivity (Wildman–Crippen MR) is 71.3 cm³/mol. The average molecular weight is 266 g/mol. The fraction of sp³-hybridized carbons (Fsp3) is 0.143. The maximum atomic E-state index is 12.9. The van der Waals surface area contributed by atoms with E-state index >= 15 is 0 Å². The lowest BCUT2D eigenvalue weighted by atomic mass is 10.1. The van der Waals surface area contributed by atoms with Gasteiger partial charge in [-0.1, -0.05) is 23.7 Å². The zero-order valence-electron chi connectivity index (χ0n) is 9.86. The second kappa shape index (κ2) is 5.27. The number of nitrogens with two attached hydrogens (primary N) is 1. The van der Waals surface area contributed by atoms with Gasteiger partial charge in [0.2, 0.25) is 0 Å². The normalized spacial score (nSPS) is 12.2. The molecule has 0 amide bonds. The summed E-state index contributed by atoms with van der Waals surface area (Å²) in [6.45, 7) is 1.89. The molecule has 0 spiro atoms. The van der Waals surface area contributed by atoms with Gasteiger partial charge in [-0.3, -0.25) is 0 Å². The summed E-state index contributed by atoms with van der Waals surface area (Å²) in [4.78, 5) is 0. The van der Waals surface area contributed by atoms with E-state index in [9.17, 15) is 4.39 Å². The zero-order valence-corrected chi connectivity index (χ0v) is 10.6. The van der Waals surface area contributed by atoms with Crippen molar-refractivity contribution in [1.29, 1.82) is 0 Å². The van der Waals surface area contributed by atoms with Crippen LogP contribution in [0.4, 0.5) is 10.1 Å². The molecule has 0 bridgehead atoms. The van der Waals surface area contributed by atoms with Crippen molar-refractivity contribution in [2.75, 3.05) is 5.73 Å². The third-order valence-electron chi connectivity index (χ3n) is 2.60. The van der Waals surface area contributed by atoms with E-state index < -0.39 is 0 Å². The molecule has 0 heterocycles. The molecule has 0 aliphatic heterocycles. The first-order valence-corrected chi connectivity index (χ1v) is 5.91. The molecule has 4 heteroatoms. The molecule has 2 nitrogen and oxygen atoms in total. The molecule has 0 saturated heterocycles. The predicted octanol–water partition coefficient (Wildman–Crippen LogP) is 4.20. The Bertz CT molecular complexity index is 542. The van der Waals surface area contributed by atoms with Crippen LogP contribution in [-0.2, 0) is 0 Å². The van der Waals surface area contributed by atoms with Gasteiger partial charge in [0.1, 0.15) is 17.7 Å². The third-order valence-corrected chi connectivity index (χ3v) is 2.90. The van der Waals surface area contributed by atoms with Crippen LogP contribution in [0, 0.1) is 5.82 Å². The summed E-state index contributed by atoms with van der Waals surface area (Å²) in [5.41, 5.74) is 7.29. The molecule has 94 valence electrons. The van der Waals surface area contributed by atoms with Crippen molar-refractivity contribution >= 4 is 17.3 Å². The number of hydrogen-bond donors (Lipinski definition) is 1. The van der Waals surface area contributed by atoms with Gasteiger partial charge in [0.05, 0.1) is 5.02 Å². The molecule has 0 aliphatic rings. The van der Waals surface area contributed by atoms with Crippen LogP contribution in [0.3, 0.4) is 0 Å². The van der Waals surface area contributed by atoms with Gasteiger partial charge in [0.25, 0.3) is 0 Å². The molecule has 0 radical (unpaired) electrons. The van der Waals surface area contributed by atoms with Crippen molar-refractivity contribution in [2.24, 2.45) is 0 Å². The van der Waals surface area contributed by atoms with Crippen LogP contribution in [0.15, 0.2) is 42.5 Å². The van der Waals surface area contributed by atoms with Gasteiger partial charge >= 0.3 is 0 Å². The number of rotatable bonds is 3. The first-order valence-electron chi connectivity index (χ1n) is 5.53. The lowest BCUT2D eigenvalue weighted by molar-refractivity contribution is 0.227. The molecule has 0 aliphatic carbocycles. The van der Waals surface area contributed by atoms with Crippen LogP contribution in [0.1, 0.15) is 18.6 Å². The molecule has 1 unspecified atom stereocenters. The van der Waals surface area contributed by atoms with Crippen molar-refractivity contribution in [3.63, 3.8) is 0 Å². The number of anilines is 1. The molecule has 2 aromatic rings. The Morgan fingerprint density at radius 3 is 2.44 bits per heavy atom. The lowest BCUT2D eigenvalue weighted by Crippen LogP contribution is -2.03. The first kappa shape index (κ1) is 12.7. The van der Waals surface area contributed by atoms with E-state index in [0.717, 1.165) is 5.56 Å². The Hall–Kier alpha value is -1.74. The highest BCUT2D eigenvalue weighted by Gasteiger charge is 2.10. The summed E-state index contributed by atoms with van der Waals surface area (Å²) < 4.78 is 18.6. The van der Waals surface area contributed by atoms with Crippen molar-refractivity contribution in [3.8, 4) is 5.75 Å². The fourth-order valence-electron chi connectivity index (χ4n) is 1.60.